The van der Waals surface area contributed by atoms with E-state index in [-0.39, 0.29) is 16.9 Å². The van der Waals surface area contributed by atoms with Gasteiger partial charge in [0.25, 0.3) is 0 Å². The van der Waals surface area contributed by atoms with E-state index in [9.17, 15) is 9.59 Å². The molecule has 0 spiro atoms. The van der Waals surface area contributed by atoms with Gasteiger partial charge in [-0.25, -0.2) is 0 Å². The second-order valence-corrected chi connectivity index (χ2v) is 5.84. The molecule has 0 N–H and O–H groups in total. The van der Waals surface area contributed by atoms with Crippen LogP contribution in [0.4, 0.5) is 0 Å². The first-order chi connectivity index (χ1) is 11.9. The molecule has 0 bridgehead atoms. The molecule has 1 aromatic heterocycles. The molecule has 0 aliphatic rings. The molecule has 2 aromatic carbocycles. The maximum Gasteiger partial charge on any atom is 0.308 e. The Kier molecular flexibility index (Phi) is 4.31. The molecule has 0 saturated heterocycles. The van der Waals surface area contributed by atoms with Crippen molar-refractivity contribution in [2.45, 2.75) is 20.8 Å². The van der Waals surface area contributed by atoms with E-state index in [2.05, 4.69) is 0 Å². The first-order valence-electron chi connectivity index (χ1n) is 7.81. The third-order valence-corrected chi connectivity index (χ3v) is 4.06. The average Bonchev–Trinajstić information content (AvgIpc) is 2.59. The fourth-order valence-corrected chi connectivity index (χ4v) is 2.60. The third kappa shape index (κ3) is 3.13. The van der Waals surface area contributed by atoms with Gasteiger partial charge in [-0.3, -0.25) is 9.59 Å². The van der Waals surface area contributed by atoms with Gasteiger partial charge in [-0.1, -0.05) is 0 Å². The van der Waals surface area contributed by atoms with Crippen LogP contribution in [0, 0.1) is 13.8 Å². The number of hydrogen-bond acceptors (Lipinski definition) is 5. The lowest BCUT2D eigenvalue weighted by Gasteiger charge is -2.11. The molecule has 25 heavy (non-hydrogen) atoms. The molecule has 0 atom stereocenters. The van der Waals surface area contributed by atoms with Crippen molar-refractivity contribution >= 4 is 16.9 Å². The molecule has 5 heteroatoms. The lowest BCUT2D eigenvalue weighted by Crippen LogP contribution is -2.13. The Morgan fingerprint density at radius 2 is 1.68 bits per heavy atom. The second-order valence-electron chi connectivity index (χ2n) is 5.84. The van der Waals surface area contributed by atoms with Crippen molar-refractivity contribution < 1.29 is 18.7 Å². The van der Waals surface area contributed by atoms with Crippen molar-refractivity contribution in [2.75, 3.05) is 7.11 Å². The Labute approximate surface area is 144 Å². The maximum atomic E-state index is 12.9. The highest BCUT2D eigenvalue weighted by atomic mass is 16.5. The molecule has 0 saturated carbocycles. The largest absolute Gasteiger partial charge is 0.497 e. The molecular weight excluding hydrogens is 320 g/mol. The number of carbonyl (C=O) groups is 1. The van der Waals surface area contributed by atoms with Crippen LogP contribution < -0.4 is 14.9 Å². The van der Waals surface area contributed by atoms with Crippen molar-refractivity contribution in [1.29, 1.82) is 0 Å². The summed E-state index contributed by atoms with van der Waals surface area (Å²) in [5.41, 5.74) is 2.68. The Morgan fingerprint density at radius 1 is 1.04 bits per heavy atom. The number of methoxy groups -OCH3 is 1. The van der Waals surface area contributed by atoms with E-state index < -0.39 is 5.97 Å². The lowest BCUT2D eigenvalue weighted by atomic mass is 10.0. The summed E-state index contributed by atoms with van der Waals surface area (Å²) in [5, 5.41) is 0.386. The number of benzene rings is 2. The zero-order chi connectivity index (χ0) is 18.1. The van der Waals surface area contributed by atoms with E-state index in [0.29, 0.717) is 22.3 Å². The van der Waals surface area contributed by atoms with E-state index in [1.807, 2.05) is 19.9 Å². The van der Waals surface area contributed by atoms with Crippen molar-refractivity contribution in [1.82, 2.24) is 0 Å². The van der Waals surface area contributed by atoms with Gasteiger partial charge in [0, 0.05) is 12.5 Å². The Bertz CT molecular complexity index is 1010. The van der Waals surface area contributed by atoms with Crippen LogP contribution >= 0.6 is 0 Å². The molecule has 1 heterocycles. The van der Waals surface area contributed by atoms with Gasteiger partial charge in [-0.15, -0.1) is 0 Å². The number of ether oxygens (including phenoxy) is 2. The molecule has 3 rings (SSSR count). The van der Waals surface area contributed by atoms with Crippen LogP contribution in [0.15, 0.2) is 45.6 Å². The SMILES string of the molecule is COc1ccc(-c2oc3cc(C)c(C)cc3c(=O)c2OC(C)=O)cc1. The second kappa shape index (κ2) is 6.43. The van der Waals surface area contributed by atoms with Gasteiger partial charge >= 0.3 is 5.97 Å². The highest BCUT2D eigenvalue weighted by Gasteiger charge is 2.20. The normalized spacial score (nSPS) is 10.7. The van der Waals surface area contributed by atoms with Gasteiger partial charge in [0.05, 0.1) is 12.5 Å². The summed E-state index contributed by atoms with van der Waals surface area (Å²) in [6, 6.07) is 10.6. The van der Waals surface area contributed by atoms with Crippen LogP contribution in [0.5, 0.6) is 11.5 Å². The van der Waals surface area contributed by atoms with Gasteiger partial charge in [0.15, 0.2) is 5.76 Å². The molecule has 128 valence electrons. The molecule has 0 fully saturated rings. The topological polar surface area (TPSA) is 65.7 Å². The summed E-state index contributed by atoms with van der Waals surface area (Å²) >= 11 is 0. The molecule has 0 aliphatic carbocycles. The first kappa shape index (κ1) is 16.8. The molecule has 0 radical (unpaired) electrons. The molecule has 5 nitrogen and oxygen atoms in total. The lowest BCUT2D eigenvalue weighted by molar-refractivity contribution is -0.131. The van der Waals surface area contributed by atoms with Gasteiger partial charge in [0.1, 0.15) is 11.3 Å². The fourth-order valence-electron chi connectivity index (χ4n) is 2.60. The fraction of sp³-hybridized carbons (Fsp3) is 0.200. The van der Waals surface area contributed by atoms with Gasteiger partial charge < -0.3 is 13.9 Å². The molecular formula is C20H18O5. The minimum Gasteiger partial charge on any atom is -0.497 e. The maximum absolute atomic E-state index is 12.9. The van der Waals surface area contributed by atoms with E-state index in [1.54, 1.807) is 37.4 Å². The van der Waals surface area contributed by atoms with Crippen LogP contribution in [-0.2, 0) is 4.79 Å². The van der Waals surface area contributed by atoms with Crippen LogP contribution in [-0.4, -0.2) is 13.1 Å². The monoisotopic (exact) mass is 338 g/mol. The predicted octanol–water partition coefficient (Wildman–Crippen LogP) is 4.01. The minimum absolute atomic E-state index is 0.103. The van der Waals surface area contributed by atoms with Crippen LogP contribution in [0.1, 0.15) is 18.1 Å². The predicted molar refractivity (Wildman–Crippen MR) is 95.3 cm³/mol. The summed E-state index contributed by atoms with van der Waals surface area (Å²) in [5.74, 6) is 0.213. The Balaban J connectivity index is 2.32. The highest BCUT2D eigenvalue weighted by Crippen LogP contribution is 2.32. The van der Waals surface area contributed by atoms with Gasteiger partial charge in [-0.2, -0.15) is 0 Å². The van der Waals surface area contributed by atoms with Crippen LogP contribution in [0.3, 0.4) is 0 Å². The van der Waals surface area contributed by atoms with Crippen molar-refractivity contribution in [2.24, 2.45) is 0 Å². The molecule has 0 aliphatic heterocycles. The van der Waals surface area contributed by atoms with Gasteiger partial charge in [0.2, 0.25) is 11.2 Å². The average molecular weight is 338 g/mol. The summed E-state index contributed by atoms with van der Waals surface area (Å²) in [4.78, 5) is 24.4. The number of hydrogen-bond donors (Lipinski definition) is 0. The van der Waals surface area contributed by atoms with E-state index in [0.717, 1.165) is 11.1 Å². The molecule has 0 unspecified atom stereocenters. The Morgan fingerprint density at radius 3 is 2.28 bits per heavy atom. The van der Waals surface area contributed by atoms with Crippen molar-refractivity contribution in [3.8, 4) is 22.8 Å². The van der Waals surface area contributed by atoms with Crippen molar-refractivity contribution in [3.05, 3.63) is 57.7 Å². The summed E-state index contributed by atoms with van der Waals surface area (Å²) in [6.07, 6.45) is 0. The number of fused-ring (bicyclic) bond motifs is 1. The van der Waals surface area contributed by atoms with Crippen molar-refractivity contribution in [3.63, 3.8) is 0 Å². The smallest absolute Gasteiger partial charge is 0.308 e. The zero-order valence-corrected chi connectivity index (χ0v) is 14.5. The first-order valence-corrected chi connectivity index (χ1v) is 7.81. The molecule has 0 amide bonds. The van der Waals surface area contributed by atoms with Crippen LogP contribution in [0.2, 0.25) is 0 Å². The zero-order valence-electron chi connectivity index (χ0n) is 14.5. The standard InChI is InChI=1S/C20H18O5/c1-11-9-16-17(10-12(11)2)25-19(20(18(16)22)24-13(3)21)14-5-7-15(23-4)8-6-14/h5-10H,1-4H3. The van der Waals surface area contributed by atoms with Gasteiger partial charge in [-0.05, 0) is 61.4 Å². The quantitative estimate of drug-likeness (QED) is 0.675. The summed E-state index contributed by atoms with van der Waals surface area (Å²) in [7, 11) is 1.57. The molecule has 3 aromatic rings. The number of carbonyl (C=O) groups excluding carboxylic acids is 1. The minimum atomic E-state index is -0.578. The number of rotatable bonds is 3. The van der Waals surface area contributed by atoms with E-state index >= 15 is 0 Å². The number of aryl methyl sites for hydroxylation is 2. The number of esters is 1. The third-order valence-electron chi connectivity index (χ3n) is 4.06. The summed E-state index contributed by atoms with van der Waals surface area (Å²) in [6.45, 7) is 5.11. The highest BCUT2D eigenvalue weighted by molar-refractivity contribution is 5.85. The Hall–Kier alpha value is -3.08. The van der Waals surface area contributed by atoms with E-state index in [4.69, 9.17) is 13.9 Å². The van der Waals surface area contributed by atoms with E-state index in [1.165, 1.54) is 6.92 Å². The summed E-state index contributed by atoms with van der Waals surface area (Å²) < 4.78 is 16.3. The van der Waals surface area contributed by atoms with Crippen LogP contribution in [0.25, 0.3) is 22.3 Å².